The molecule has 0 radical (unpaired) electrons. The number of carbonyl (C=O) groups is 1. The normalized spacial score (nSPS) is 12.7. The van der Waals surface area contributed by atoms with Crippen molar-refractivity contribution in [2.24, 2.45) is 0 Å². The number of amides is 1. The predicted octanol–water partition coefficient (Wildman–Crippen LogP) is 5.73. The van der Waals surface area contributed by atoms with Crippen molar-refractivity contribution in [3.63, 3.8) is 0 Å². The number of nitrogens with zero attached hydrogens (tertiary/aromatic N) is 2. The Morgan fingerprint density at radius 3 is 2.45 bits per heavy atom. The monoisotopic (exact) mass is 459 g/mol. The van der Waals surface area contributed by atoms with E-state index in [4.69, 9.17) is 4.42 Å². The number of alkyl halides is 3. The summed E-state index contributed by atoms with van der Waals surface area (Å²) in [6.07, 6.45) is -2.31. The first kappa shape index (κ1) is 24.5. The summed E-state index contributed by atoms with van der Waals surface area (Å²) in [5.74, 6) is 0.00528. The Labute approximate surface area is 191 Å². The lowest BCUT2D eigenvalue weighted by molar-refractivity contribution is -0.137. The first-order valence-electron chi connectivity index (χ1n) is 10.8. The van der Waals surface area contributed by atoms with Gasteiger partial charge in [-0.25, -0.2) is 4.98 Å². The van der Waals surface area contributed by atoms with E-state index in [1.54, 1.807) is 6.07 Å². The summed E-state index contributed by atoms with van der Waals surface area (Å²) in [6, 6.07) is 13.2. The third-order valence-electron chi connectivity index (χ3n) is 5.32. The third kappa shape index (κ3) is 7.18. The molecule has 8 heteroatoms. The molecule has 0 aliphatic rings. The minimum absolute atomic E-state index is 0.0107. The van der Waals surface area contributed by atoms with Gasteiger partial charge in [0.1, 0.15) is 6.26 Å². The lowest BCUT2D eigenvalue weighted by Gasteiger charge is -2.22. The van der Waals surface area contributed by atoms with Crippen LogP contribution in [0.5, 0.6) is 0 Å². The molecule has 1 aromatic heterocycles. The Morgan fingerprint density at radius 2 is 1.79 bits per heavy atom. The number of rotatable bonds is 9. The molecular formula is C25H28F3N3O2. The summed E-state index contributed by atoms with van der Waals surface area (Å²) in [6.45, 7) is 6.83. The van der Waals surface area contributed by atoms with E-state index in [9.17, 15) is 18.0 Å². The van der Waals surface area contributed by atoms with E-state index in [-0.39, 0.29) is 30.7 Å². The lowest BCUT2D eigenvalue weighted by Crippen LogP contribution is -2.32. The summed E-state index contributed by atoms with van der Waals surface area (Å²) in [5.41, 5.74) is 2.15. The number of oxazole rings is 1. The molecule has 3 rings (SSSR count). The number of hydrogen-bond donors (Lipinski definition) is 1. The van der Waals surface area contributed by atoms with Crippen molar-refractivity contribution in [1.29, 1.82) is 0 Å². The third-order valence-corrected chi connectivity index (χ3v) is 5.32. The molecule has 0 saturated heterocycles. The molecule has 0 bridgehead atoms. The fraction of sp³-hybridized carbons (Fsp3) is 0.360. The molecule has 3 aromatic rings. The second kappa shape index (κ2) is 10.7. The van der Waals surface area contributed by atoms with Gasteiger partial charge >= 0.3 is 6.18 Å². The van der Waals surface area contributed by atoms with Crippen LogP contribution in [0.3, 0.4) is 0 Å². The molecule has 0 aliphatic heterocycles. The van der Waals surface area contributed by atoms with Crippen molar-refractivity contribution in [3.8, 4) is 0 Å². The van der Waals surface area contributed by atoms with E-state index < -0.39 is 11.7 Å². The molecule has 1 heterocycles. The molecule has 5 nitrogen and oxygen atoms in total. The number of halogens is 3. The second-order valence-electron chi connectivity index (χ2n) is 8.24. The zero-order valence-electron chi connectivity index (χ0n) is 18.9. The first-order valence-corrected chi connectivity index (χ1v) is 10.8. The number of nitrogens with one attached hydrogen (secondary N) is 1. The molecule has 1 atom stereocenters. The van der Waals surface area contributed by atoms with Crippen LogP contribution in [0.25, 0.3) is 0 Å². The molecule has 0 saturated carbocycles. The van der Waals surface area contributed by atoms with Crippen LogP contribution in [0.1, 0.15) is 58.9 Å². The highest BCUT2D eigenvalue weighted by Gasteiger charge is 2.30. The summed E-state index contributed by atoms with van der Waals surface area (Å²) in [4.78, 5) is 18.5. The van der Waals surface area contributed by atoms with Gasteiger partial charge in [-0.1, -0.05) is 55.0 Å². The molecule has 33 heavy (non-hydrogen) atoms. The van der Waals surface area contributed by atoms with E-state index in [1.807, 2.05) is 49.9 Å². The number of aromatic nitrogens is 1. The molecule has 0 fully saturated rings. The number of carbonyl (C=O) groups excluding carboxylic acids is 1. The highest BCUT2D eigenvalue weighted by molar-refractivity contribution is 5.92. The van der Waals surface area contributed by atoms with Gasteiger partial charge in [0.05, 0.1) is 12.1 Å². The van der Waals surface area contributed by atoms with E-state index in [1.165, 1.54) is 12.3 Å². The molecule has 1 amide bonds. The maximum Gasteiger partial charge on any atom is 0.416 e. The van der Waals surface area contributed by atoms with Crippen molar-refractivity contribution < 1.29 is 22.4 Å². The highest BCUT2D eigenvalue weighted by atomic mass is 19.4. The van der Waals surface area contributed by atoms with Gasteiger partial charge in [-0.15, -0.1) is 0 Å². The largest absolute Gasteiger partial charge is 0.447 e. The molecule has 1 N–H and O–H groups in total. The van der Waals surface area contributed by atoms with Crippen LogP contribution >= 0.6 is 0 Å². The molecule has 0 aliphatic carbocycles. The minimum Gasteiger partial charge on any atom is -0.447 e. The van der Waals surface area contributed by atoms with Gasteiger partial charge in [-0.05, 0) is 37.5 Å². The van der Waals surface area contributed by atoms with E-state index in [2.05, 4.69) is 10.3 Å². The Balaban J connectivity index is 1.79. The fourth-order valence-electron chi connectivity index (χ4n) is 3.30. The SMILES string of the molecule is CCC(C)NC(=O)c1coc(CN(Cc2ccc(C)cc2)Cc2cccc(C(F)(F)F)c2)n1. The maximum atomic E-state index is 13.2. The molecular weight excluding hydrogens is 431 g/mol. The average Bonchev–Trinajstić information content (AvgIpc) is 3.23. The second-order valence-corrected chi connectivity index (χ2v) is 8.24. The summed E-state index contributed by atoms with van der Waals surface area (Å²) < 4.78 is 45.0. The van der Waals surface area contributed by atoms with Gasteiger partial charge in [0.15, 0.2) is 5.69 Å². The number of aryl methyl sites for hydroxylation is 1. The smallest absolute Gasteiger partial charge is 0.416 e. The van der Waals surface area contributed by atoms with Crippen LogP contribution in [0.15, 0.2) is 59.2 Å². The molecule has 0 spiro atoms. The van der Waals surface area contributed by atoms with Crippen LogP contribution in [0.2, 0.25) is 0 Å². The summed E-state index contributed by atoms with van der Waals surface area (Å²) in [7, 11) is 0. The summed E-state index contributed by atoms with van der Waals surface area (Å²) in [5, 5.41) is 2.84. The van der Waals surface area contributed by atoms with Gasteiger partial charge in [0, 0.05) is 19.1 Å². The van der Waals surface area contributed by atoms with Crippen LogP contribution < -0.4 is 5.32 Å². The van der Waals surface area contributed by atoms with Crippen molar-refractivity contribution in [3.05, 3.63) is 88.6 Å². The Morgan fingerprint density at radius 1 is 1.09 bits per heavy atom. The molecule has 1 unspecified atom stereocenters. The quantitative estimate of drug-likeness (QED) is 0.444. The van der Waals surface area contributed by atoms with Crippen LogP contribution in [-0.2, 0) is 25.8 Å². The number of benzene rings is 2. The van der Waals surface area contributed by atoms with Crippen LogP contribution in [-0.4, -0.2) is 21.8 Å². The predicted molar refractivity (Wildman–Crippen MR) is 119 cm³/mol. The Hall–Kier alpha value is -3.13. The van der Waals surface area contributed by atoms with Crippen molar-refractivity contribution in [2.45, 2.75) is 59.0 Å². The first-order chi connectivity index (χ1) is 15.6. The van der Waals surface area contributed by atoms with Crippen molar-refractivity contribution in [2.75, 3.05) is 0 Å². The van der Waals surface area contributed by atoms with Crippen LogP contribution in [0, 0.1) is 6.92 Å². The van der Waals surface area contributed by atoms with E-state index >= 15 is 0 Å². The topological polar surface area (TPSA) is 58.4 Å². The zero-order valence-corrected chi connectivity index (χ0v) is 18.9. The van der Waals surface area contributed by atoms with E-state index in [0.29, 0.717) is 18.0 Å². The standard InChI is InChI=1S/C25H28F3N3O2/c1-4-18(3)29-24(32)22-16-33-23(30-22)15-31(13-19-10-8-17(2)9-11-19)14-20-6-5-7-21(12-20)25(26,27)28/h5-12,16,18H,4,13-15H2,1-3H3,(H,29,32). The van der Waals surface area contributed by atoms with Crippen molar-refractivity contribution in [1.82, 2.24) is 15.2 Å². The fourth-order valence-corrected chi connectivity index (χ4v) is 3.30. The van der Waals surface area contributed by atoms with Crippen LogP contribution in [0.4, 0.5) is 13.2 Å². The number of hydrogen-bond acceptors (Lipinski definition) is 4. The molecule has 2 aromatic carbocycles. The van der Waals surface area contributed by atoms with Gasteiger partial charge in [0.25, 0.3) is 5.91 Å². The van der Waals surface area contributed by atoms with Gasteiger partial charge in [0.2, 0.25) is 5.89 Å². The average molecular weight is 460 g/mol. The maximum absolute atomic E-state index is 13.2. The van der Waals surface area contributed by atoms with Gasteiger partial charge in [-0.3, -0.25) is 9.69 Å². The summed E-state index contributed by atoms with van der Waals surface area (Å²) >= 11 is 0. The zero-order chi connectivity index (χ0) is 24.0. The Bertz CT molecular complexity index is 1060. The highest BCUT2D eigenvalue weighted by Crippen LogP contribution is 2.30. The van der Waals surface area contributed by atoms with E-state index in [0.717, 1.165) is 29.7 Å². The Kier molecular flexibility index (Phi) is 7.92. The van der Waals surface area contributed by atoms with Gasteiger partial charge in [-0.2, -0.15) is 13.2 Å². The lowest BCUT2D eigenvalue weighted by atomic mass is 10.1. The van der Waals surface area contributed by atoms with Gasteiger partial charge < -0.3 is 9.73 Å². The minimum atomic E-state index is -4.40. The molecule has 176 valence electrons. The van der Waals surface area contributed by atoms with Crippen molar-refractivity contribution >= 4 is 5.91 Å².